The minimum atomic E-state index is -2.42. The number of nitrogens with zero attached hydrogens (tertiary/aromatic N) is 1. The summed E-state index contributed by atoms with van der Waals surface area (Å²) in [6, 6.07) is 0. The Hall–Kier alpha value is 0.170. The minimum absolute atomic E-state index is 0.0242. The molecule has 1 aliphatic rings. The van der Waals surface area contributed by atoms with E-state index in [1.807, 2.05) is 0 Å². The van der Waals surface area contributed by atoms with Crippen LogP contribution in [0.3, 0.4) is 0 Å². The van der Waals surface area contributed by atoms with Crippen molar-refractivity contribution in [1.29, 1.82) is 0 Å². The van der Waals surface area contributed by atoms with Crippen molar-refractivity contribution in [3.05, 3.63) is 0 Å². The van der Waals surface area contributed by atoms with Gasteiger partial charge in [-0.1, -0.05) is 6.92 Å². The number of hydrogen-bond donors (Lipinski definition) is 1. The molecule has 0 spiro atoms. The van der Waals surface area contributed by atoms with Crippen LogP contribution in [0, 0.1) is 0 Å². The van der Waals surface area contributed by atoms with Crippen LogP contribution in [0.1, 0.15) is 32.6 Å². The van der Waals surface area contributed by atoms with Crippen LogP contribution in [0.15, 0.2) is 0 Å². The Bertz CT molecular complexity index is 166. The van der Waals surface area contributed by atoms with Gasteiger partial charge in [0.15, 0.2) is 0 Å². The molecule has 1 rings (SSSR count). The van der Waals surface area contributed by atoms with Gasteiger partial charge in [-0.2, -0.15) is 12.6 Å². The summed E-state index contributed by atoms with van der Waals surface area (Å²) in [6.45, 7) is 4.09. The smallest absolute Gasteiger partial charge is 0.250 e. The molecule has 0 N–H and O–H groups in total. The molecule has 0 aliphatic carbocycles. The van der Waals surface area contributed by atoms with Crippen LogP contribution in [0.2, 0.25) is 0 Å². The topological polar surface area (TPSA) is 3.24 Å². The predicted molar refractivity (Wildman–Crippen MR) is 58.3 cm³/mol. The summed E-state index contributed by atoms with van der Waals surface area (Å²) in [5.74, 6) is -2.42. The Morgan fingerprint density at radius 1 is 1.36 bits per heavy atom. The molecule has 84 valence electrons. The Balaban J connectivity index is 2.16. The molecule has 0 bridgehead atoms. The monoisotopic (exact) mass is 223 g/mol. The number of halogens is 2. The van der Waals surface area contributed by atoms with Gasteiger partial charge in [-0.3, -0.25) is 0 Å². The van der Waals surface area contributed by atoms with Gasteiger partial charge in [0.05, 0.1) is 0 Å². The first-order valence-electron chi connectivity index (χ1n) is 5.32. The van der Waals surface area contributed by atoms with Crippen LogP contribution in [0.4, 0.5) is 8.78 Å². The van der Waals surface area contributed by atoms with Gasteiger partial charge in [0, 0.05) is 31.2 Å². The summed E-state index contributed by atoms with van der Waals surface area (Å²) in [4.78, 5) is 2.12. The van der Waals surface area contributed by atoms with Gasteiger partial charge in [0.1, 0.15) is 0 Å². The second-order valence-electron chi connectivity index (χ2n) is 4.05. The molecular formula is C10H19F2NS. The van der Waals surface area contributed by atoms with Crippen molar-refractivity contribution in [2.75, 3.05) is 19.6 Å². The molecule has 0 aromatic carbocycles. The highest BCUT2D eigenvalue weighted by atomic mass is 32.1. The van der Waals surface area contributed by atoms with Crippen LogP contribution in [0.25, 0.3) is 0 Å². The molecule has 0 aromatic heterocycles. The molecule has 0 aromatic rings. The molecule has 1 fully saturated rings. The summed E-state index contributed by atoms with van der Waals surface area (Å²) < 4.78 is 25.6. The van der Waals surface area contributed by atoms with Gasteiger partial charge in [0.2, 0.25) is 0 Å². The largest absolute Gasteiger partial charge is 0.303 e. The van der Waals surface area contributed by atoms with Crippen LogP contribution in [-0.2, 0) is 0 Å². The summed E-state index contributed by atoms with van der Waals surface area (Å²) in [7, 11) is 0. The third-order valence-corrected chi connectivity index (χ3v) is 3.46. The molecule has 4 heteroatoms. The summed E-state index contributed by atoms with van der Waals surface area (Å²) in [6.07, 6.45) is 2.10. The second kappa shape index (κ2) is 5.31. The SMILES string of the molecule is CCC(S)CCN1CCC(F)(F)CC1. The fraction of sp³-hybridized carbons (Fsp3) is 1.00. The first kappa shape index (κ1) is 12.2. The molecule has 1 saturated heterocycles. The summed E-state index contributed by atoms with van der Waals surface area (Å²) in [5, 5.41) is 0.414. The van der Waals surface area contributed by atoms with Gasteiger partial charge < -0.3 is 4.90 Å². The zero-order valence-electron chi connectivity index (χ0n) is 8.68. The fourth-order valence-electron chi connectivity index (χ4n) is 1.64. The minimum Gasteiger partial charge on any atom is -0.303 e. The quantitative estimate of drug-likeness (QED) is 0.717. The van der Waals surface area contributed by atoms with Crippen molar-refractivity contribution in [3.8, 4) is 0 Å². The average Bonchev–Trinajstić information content (AvgIpc) is 2.16. The molecule has 1 unspecified atom stereocenters. The Morgan fingerprint density at radius 2 is 1.93 bits per heavy atom. The third-order valence-electron chi connectivity index (χ3n) is 2.84. The second-order valence-corrected chi connectivity index (χ2v) is 4.78. The maximum absolute atomic E-state index is 12.8. The molecule has 1 aliphatic heterocycles. The van der Waals surface area contributed by atoms with E-state index in [-0.39, 0.29) is 12.8 Å². The standard InChI is InChI=1S/C10H19F2NS/c1-2-9(14)3-6-13-7-4-10(11,12)5-8-13/h9,14H,2-8H2,1H3. The summed E-state index contributed by atoms with van der Waals surface area (Å²) >= 11 is 4.39. The normalized spacial score (nSPS) is 24.9. The van der Waals surface area contributed by atoms with Gasteiger partial charge >= 0.3 is 0 Å². The molecule has 1 nitrogen and oxygen atoms in total. The van der Waals surface area contributed by atoms with E-state index in [4.69, 9.17) is 0 Å². The van der Waals surface area contributed by atoms with Crippen molar-refractivity contribution in [3.63, 3.8) is 0 Å². The van der Waals surface area contributed by atoms with Gasteiger partial charge in [-0.15, -0.1) is 0 Å². The lowest BCUT2D eigenvalue weighted by molar-refractivity contribution is -0.0551. The van der Waals surface area contributed by atoms with Crippen LogP contribution < -0.4 is 0 Å². The number of hydrogen-bond acceptors (Lipinski definition) is 2. The van der Waals surface area contributed by atoms with Gasteiger partial charge in [0.25, 0.3) is 5.92 Å². The maximum Gasteiger partial charge on any atom is 0.250 e. The van der Waals surface area contributed by atoms with E-state index in [9.17, 15) is 8.78 Å². The van der Waals surface area contributed by atoms with E-state index in [2.05, 4.69) is 24.5 Å². The Labute approximate surface area is 90.3 Å². The van der Waals surface area contributed by atoms with Crippen molar-refractivity contribution in [1.82, 2.24) is 4.90 Å². The number of rotatable bonds is 4. The molecule has 14 heavy (non-hydrogen) atoms. The molecule has 0 amide bonds. The zero-order valence-corrected chi connectivity index (χ0v) is 9.57. The Kier molecular flexibility index (Phi) is 4.64. The highest BCUT2D eigenvalue weighted by Gasteiger charge is 2.33. The number of thiol groups is 1. The predicted octanol–water partition coefficient (Wildman–Crippen LogP) is 2.82. The van der Waals surface area contributed by atoms with E-state index in [1.54, 1.807) is 0 Å². The van der Waals surface area contributed by atoms with Crippen molar-refractivity contribution in [2.45, 2.75) is 43.8 Å². The lowest BCUT2D eigenvalue weighted by Gasteiger charge is -2.32. The number of piperidine rings is 1. The van der Waals surface area contributed by atoms with Crippen LogP contribution in [-0.4, -0.2) is 35.7 Å². The number of alkyl halides is 2. The van der Waals surface area contributed by atoms with E-state index in [0.717, 1.165) is 19.4 Å². The molecule has 0 saturated carbocycles. The first-order chi connectivity index (χ1) is 6.53. The molecule has 1 atom stereocenters. The maximum atomic E-state index is 12.8. The van der Waals surface area contributed by atoms with Crippen molar-refractivity contribution < 1.29 is 8.78 Å². The average molecular weight is 223 g/mol. The molecular weight excluding hydrogens is 204 g/mol. The van der Waals surface area contributed by atoms with Crippen molar-refractivity contribution in [2.24, 2.45) is 0 Å². The highest BCUT2D eigenvalue weighted by Crippen LogP contribution is 2.27. The van der Waals surface area contributed by atoms with Gasteiger partial charge in [-0.25, -0.2) is 8.78 Å². The lowest BCUT2D eigenvalue weighted by atomic mass is 10.1. The third kappa shape index (κ3) is 4.13. The van der Waals surface area contributed by atoms with E-state index >= 15 is 0 Å². The zero-order chi connectivity index (χ0) is 10.6. The van der Waals surface area contributed by atoms with E-state index in [1.165, 1.54) is 0 Å². The lowest BCUT2D eigenvalue weighted by Crippen LogP contribution is -2.40. The molecule has 0 radical (unpaired) electrons. The number of likely N-dealkylation sites (tertiary alicyclic amines) is 1. The van der Waals surface area contributed by atoms with E-state index < -0.39 is 5.92 Å². The van der Waals surface area contributed by atoms with Crippen LogP contribution in [0.5, 0.6) is 0 Å². The van der Waals surface area contributed by atoms with Crippen molar-refractivity contribution >= 4 is 12.6 Å². The summed E-state index contributed by atoms with van der Waals surface area (Å²) in [5.41, 5.74) is 0. The first-order valence-corrected chi connectivity index (χ1v) is 5.83. The molecule has 1 heterocycles. The van der Waals surface area contributed by atoms with E-state index in [0.29, 0.717) is 18.3 Å². The highest BCUT2D eigenvalue weighted by molar-refractivity contribution is 7.80. The van der Waals surface area contributed by atoms with Gasteiger partial charge in [-0.05, 0) is 19.4 Å². The fourth-order valence-corrected chi connectivity index (χ4v) is 1.75. The van der Waals surface area contributed by atoms with Crippen LogP contribution >= 0.6 is 12.6 Å². The Morgan fingerprint density at radius 3 is 2.43 bits per heavy atom.